The van der Waals surface area contributed by atoms with Crippen LogP contribution in [0.15, 0.2) is 54.6 Å². The molecule has 2 heterocycles. The van der Waals surface area contributed by atoms with Gasteiger partial charge in [0.25, 0.3) is 0 Å². The number of methoxy groups -OCH3 is 3. The number of nitrogens with zero attached hydrogens (tertiary/aromatic N) is 4. The van der Waals surface area contributed by atoms with E-state index in [0.29, 0.717) is 17.1 Å². The number of ether oxygens (including phenoxy) is 3. The zero-order valence-corrected chi connectivity index (χ0v) is 25.2. The van der Waals surface area contributed by atoms with Crippen LogP contribution in [0, 0.1) is 5.82 Å². The van der Waals surface area contributed by atoms with Gasteiger partial charge in [-0.15, -0.1) is 5.10 Å². The zero-order valence-electron chi connectivity index (χ0n) is 25.2. The number of aromatic nitrogens is 4. The Labute approximate surface area is 256 Å². The fourth-order valence-electron chi connectivity index (χ4n) is 4.91. The Morgan fingerprint density at radius 3 is 2.22 bits per heavy atom. The Morgan fingerprint density at radius 1 is 0.889 bits per heavy atom. The van der Waals surface area contributed by atoms with Crippen molar-refractivity contribution >= 4 is 22.5 Å². The quantitative estimate of drug-likeness (QED) is 0.159. The van der Waals surface area contributed by atoms with E-state index in [0.717, 1.165) is 5.56 Å². The van der Waals surface area contributed by atoms with Gasteiger partial charge in [-0.2, -0.15) is 17.7 Å². The number of halogens is 4. The van der Waals surface area contributed by atoms with Crippen LogP contribution in [0.4, 0.5) is 23.5 Å². The van der Waals surface area contributed by atoms with Crippen LogP contribution in [0.3, 0.4) is 0 Å². The van der Waals surface area contributed by atoms with Crippen LogP contribution in [0.5, 0.6) is 17.2 Å². The van der Waals surface area contributed by atoms with Crippen LogP contribution < -0.4 is 24.8 Å². The molecule has 0 aliphatic rings. The molecule has 0 amide bonds. The molecule has 45 heavy (non-hydrogen) atoms. The molecule has 0 saturated carbocycles. The summed E-state index contributed by atoms with van der Waals surface area (Å²) in [7, 11) is 4.44. The minimum Gasteiger partial charge on any atom is -0.497 e. The second-order valence-electron chi connectivity index (χ2n) is 10.8. The van der Waals surface area contributed by atoms with Gasteiger partial charge >= 0.3 is 6.18 Å². The Bertz CT molecular complexity index is 1820. The van der Waals surface area contributed by atoms with Gasteiger partial charge in [0.1, 0.15) is 34.6 Å². The number of nitrogens with one attached hydrogen (secondary N) is 2. The van der Waals surface area contributed by atoms with Gasteiger partial charge in [0, 0.05) is 24.2 Å². The lowest BCUT2D eigenvalue weighted by atomic mass is 9.95. The van der Waals surface area contributed by atoms with Gasteiger partial charge in [0.2, 0.25) is 5.95 Å². The maximum atomic E-state index is 14.6. The highest BCUT2D eigenvalue weighted by molar-refractivity contribution is 5.96. The van der Waals surface area contributed by atoms with Crippen molar-refractivity contribution < 1.29 is 36.9 Å². The maximum Gasteiger partial charge on any atom is 0.407 e. The fourth-order valence-corrected chi connectivity index (χ4v) is 4.91. The van der Waals surface area contributed by atoms with E-state index in [-0.39, 0.29) is 52.7 Å². The minimum absolute atomic E-state index is 0.0139. The highest BCUT2D eigenvalue weighted by Crippen LogP contribution is 2.35. The normalized spacial score (nSPS) is 12.8. The lowest BCUT2D eigenvalue weighted by molar-refractivity contribution is -0.158. The first-order valence-corrected chi connectivity index (χ1v) is 13.8. The van der Waals surface area contributed by atoms with Gasteiger partial charge in [-0.3, -0.25) is 5.32 Å². The van der Waals surface area contributed by atoms with E-state index in [2.05, 4.69) is 25.7 Å². The fraction of sp³-hybridized carbons (Fsp3) is 0.323. The van der Waals surface area contributed by atoms with Crippen molar-refractivity contribution in [1.29, 1.82) is 0 Å². The van der Waals surface area contributed by atoms with E-state index < -0.39 is 23.6 Å². The smallest absolute Gasteiger partial charge is 0.407 e. The maximum absolute atomic E-state index is 14.6. The first-order chi connectivity index (χ1) is 21.3. The lowest BCUT2D eigenvalue weighted by Gasteiger charge is -2.23. The SMILES string of the molecule is COc1ccc(CNc2nc3c(OC)cc(F)cc3c3nc(CNC(c4ccc(C(C)(C)O)cc4)C(F)(F)F)nn23)c(OC)c1. The van der Waals surface area contributed by atoms with Crippen molar-refractivity contribution in [2.75, 3.05) is 26.6 Å². The molecule has 0 aliphatic heterocycles. The molecule has 10 nitrogen and oxygen atoms in total. The summed E-state index contributed by atoms with van der Waals surface area (Å²) in [5.41, 5.74) is 0.422. The Kier molecular flexibility index (Phi) is 8.72. The molecule has 0 fully saturated rings. The molecule has 3 aromatic carbocycles. The number of rotatable bonds is 11. The molecule has 1 atom stereocenters. The molecular formula is C31H32F4N6O4. The topological polar surface area (TPSA) is 115 Å². The minimum atomic E-state index is -4.65. The molecule has 0 aliphatic carbocycles. The number of aliphatic hydroxyl groups is 1. The third-order valence-electron chi connectivity index (χ3n) is 7.24. The van der Waals surface area contributed by atoms with Crippen LogP contribution in [-0.2, 0) is 18.7 Å². The van der Waals surface area contributed by atoms with E-state index in [1.807, 2.05) is 0 Å². The number of anilines is 1. The van der Waals surface area contributed by atoms with Crippen molar-refractivity contribution in [3.8, 4) is 17.2 Å². The van der Waals surface area contributed by atoms with Gasteiger partial charge in [0.15, 0.2) is 11.5 Å². The molecular weight excluding hydrogens is 596 g/mol. The third-order valence-corrected chi connectivity index (χ3v) is 7.24. The second-order valence-corrected chi connectivity index (χ2v) is 10.8. The van der Waals surface area contributed by atoms with Crippen molar-refractivity contribution in [3.63, 3.8) is 0 Å². The number of benzene rings is 3. The standard InChI is InChI=1S/C31H32F4N6O4/c1-30(2,42)19-9-6-17(7-10-19)27(31(33,34)35)36-16-25-38-28-22-12-20(32)13-24(45-5)26(22)39-29(41(28)40-25)37-15-18-8-11-21(43-3)14-23(18)44-4/h6-14,27,36,42H,15-16H2,1-5H3,(H,37,39). The first-order valence-electron chi connectivity index (χ1n) is 13.8. The highest BCUT2D eigenvalue weighted by Gasteiger charge is 2.40. The summed E-state index contributed by atoms with van der Waals surface area (Å²) >= 11 is 0. The summed E-state index contributed by atoms with van der Waals surface area (Å²) in [6.07, 6.45) is -4.65. The molecule has 1 unspecified atom stereocenters. The van der Waals surface area contributed by atoms with Crippen LogP contribution >= 0.6 is 0 Å². The van der Waals surface area contributed by atoms with Gasteiger partial charge in [-0.05, 0) is 43.2 Å². The molecule has 2 aromatic heterocycles. The monoisotopic (exact) mass is 628 g/mol. The predicted octanol–water partition coefficient (Wildman–Crippen LogP) is 5.68. The summed E-state index contributed by atoms with van der Waals surface area (Å²) in [5, 5.41) is 20.6. The third kappa shape index (κ3) is 6.71. The second kappa shape index (κ2) is 12.4. The zero-order chi connectivity index (χ0) is 32.5. The van der Waals surface area contributed by atoms with Crippen LogP contribution in [0.25, 0.3) is 16.6 Å². The molecule has 238 valence electrons. The lowest BCUT2D eigenvalue weighted by Crippen LogP contribution is -2.34. The Morgan fingerprint density at radius 2 is 1.60 bits per heavy atom. The van der Waals surface area contributed by atoms with Crippen molar-refractivity contribution in [2.24, 2.45) is 0 Å². The molecule has 0 bridgehead atoms. The molecule has 0 radical (unpaired) electrons. The Hall–Kier alpha value is -4.69. The average molecular weight is 629 g/mol. The molecule has 0 saturated heterocycles. The van der Waals surface area contributed by atoms with Gasteiger partial charge in [-0.25, -0.2) is 14.4 Å². The highest BCUT2D eigenvalue weighted by atomic mass is 19.4. The summed E-state index contributed by atoms with van der Waals surface area (Å²) in [5.74, 6) is 0.893. The van der Waals surface area contributed by atoms with E-state index in [1.54, 1.807) is 39.2 Å². The van der Waals surface area contributed by atoms with Crippen LogP contribution in [0.1, 0.15) is 42.4 Å². The largest absolute Gasteiger partial charge is 0.497 e. The van der Waals surface area contributed by atoms with E-state index in [1.165, 1.54) is 55.1 Å². The molecule has 3 N–H and O–H groups in total. The summed E-state index contributed by atoms with van der Waals surface area (Å²) < 4.78 is 74.5. The number of alkyl halides is 3. The van der Waals surface area contributed by atoms with Gasteiger partial charge in [0.05, 0.1) is 38.9 Å². The summed E-state index contributed by atoms with van der Waals surface area (Å²) in [6.45, 7) is 2.94. The first kappa shape index (κ1) is 31.7. The van der Waals surface area contributed by atoms with Gasteiger partial charge < -0.3 is 24.6 Å². The predicted molar refractivity (Wildman–Crippen MR) is 159 cm³/mol. The van der Waals surface area contributed by atoms with Crippen LogP contribution in [0.2, 0.25) is 0 Å². The average Bonchev–Trinajstić information content (AvgIpc) is 3.43. The van der Waals surface area contributed by atoms with Crippen molar-refractivity contribution in [2.45, 2.75) is 44.8 Å². The van der Waals surface area contributed by atoms with E-state index in [9.17, 15) is 22.7 Å². The van der Waals surface area contributed by atoms with E-state index in [4.69, 9.17) is 14.2 Å². The number of hydrogen-bond acceptors (Lipinski definition) is 9. The van der Waals surface area contributed by atoms with Gasteiger partial charge in [-0.1, -0.05) is 24.3 Å². The molecule has 14 heteroatoms. The van der Waals surface area contributed by atoms with E-state index >= 15 is 0 Å². The van der Waals surface area contributed by atoms with Crippen molar-refractivity contribution in [3.05, 3.63) is 82.9 Å². The Balaban J connectivity index is 1.51. The molecule has 5 aromatic rings. The van der Waals surface area contributed by atoms with Crippen LogP contribution in [-0.4, -0.2) is 52.2 Å². The number of fused-ring (bicyclic) bond motifs is 3. The summed E-state index contributed by atoms with van der Waals surface area (Å²) in [4.78, 5) is 9.08. The molecule has 0 spiro atoms. The van der Waals surface area contributed by atoms with Crippen molar-refractivity contribution in [1.82, 2.24) is 24.9 Å². The number of hydrogen-bond donors (Lipinski definition) is 3. The summed E-state index contributed by atoms with van der Waals surface area (Å²) in [6, 6.07) is 11.2. The molecule has 5 rings (SSSR count).